The number of benzene rings is 1. The van der Waals surface area contributed by atoms with Crippen molar-refractivity contribution in [2.45, 2.75) is 59.0 Å². The molecular formula is C16H22O2. The minimum absolute atomic E-state index is 0.182. The molecule has 1 unspecified atom stereocenters. The molecule has 0 bridgehead atoms. The molecule has 1 aromatic carbocycles. The standard InChI is InChI=1S/C16H22O2/c1-11-10-12(2)14-6-8-16(4,7-5-9-17)18-15(14)13(11)3/h9-10H,5-8H2,1-4H3. The lowest BCUT2D eigenvalue weighted by Gasteiger charge is -2.37. The van der Waals surface area contributed by atoms with Crippen LogP contribution in [0.1, 0.15) is 48.4 Å². The zero-order valence-corrected chi connectivity index (χ0v) is 11.8. The average molecular weight is 246 g/mol. The number of fused-ring (bicyclic) bond motifs is 1. The van der Waals surface area contributed by atoms with E-state index in [1.54, 1.807) is 0 Å². The van der Waals surface area contributed by atoms with Crippen molar-refractivity contribution in [3.05, 3.63) is 28.3 Å². The van der Waals surface area contributed by atoms with E-state index in [2.05, 4.69) is 33.8 Å². The van der Waals surface area contributed by atoms with Gasteiger partial charge in [0.1, 0.15) is 17.6 Å². The summed E-state index contributed by atoms with van der Waals surface area (Å²) in [4.78, 5) is 10.6. The highest BCUT2D eigenvalue weighted by Gasteiger charge is 2.32. The van der Waals surface area contributed by atoms with E-state index in [4.69, 9.17) is 4.74 Å². The normalized spacial score (nSPS) is 22.2. The van der Waals surface area contributed by atoms with E-state index in [0.29, 0.717) is 6.42 Å². The van der Waals surface area contributed by atoms with Gasteiger partial charge in [-0.25, -0.2) is 0 Å². The Morgan fingerprint density at radius 3 is 2.72 bits per heavy atom. The Balaban J connectivity index is 2.36. The van der Waals surface area contributed by atoms with Gasteiger partial charge in [0.2, 0.25) is 0 Å². The van der Waals surface area contributed by atoms with Gasteiger partial charge in [-0.2, -0.15) is 0 Å². The lowest BCUT2D eigenvalue weighted by Crippen LogP contribution is -2.37. The van der Waals surface area contributed by atoms with Crippen molar-refractivity contribution in [1.29, 1.82) is 0 Å². The van der Waals surface area contributed by atoms with Crippen LogP contribution in [-0.4, -0.2) is 11.9 Å². The van der Waals surface area contributed by atoms with Crippen molar-refractivity contribution in [1.82, 2.24) is 0 Å². The highest BCUT2D eigenvalue weighted by molar-refractivity contribution is 5.52. The van der Waals surface area contributed by atoms with E-state index in [0.717, 1.165) is 31.3 Å². The third-order valence-corrected chi connectivity index (χ3v) is 4.16. The Morgan fingerprint density at radius 1 is 1.33 bits per heavy atom. The largest absolute Gasteiger partial charge is 0.487 e. The number of carbonyl (C=O) groups excluding carboxylic acids is 1. The number of hydrogen-bond acceptors (Lipinski definition) is 2. The number of carbonyl (C=O) groups is 1. The van der Waals surface area contributed by atoms with Crippen LogP contribution in [0.5, 0.6) is 5.75 Å². The summed E-state index contributed by atoms with van der Waals surface area (Å²) in [6.07, 6.45) is 4.42. The molecule has 1 aromatic rings. The molecular weight excluding hydrogens is 224 g/mol. The second kappa shape index (κ2) is 4.75. The van der Waals surface area contributed by atoms with Gasteiger partial charge in [-0.3, -0.25) is 0 Å². The van der Waals surface area contributed by atoms with E-state index < -0.39 is 0 Å². The zero-order chi connectivity index (χ0) is 13.3. The van der Waals surface area contributed by atoms with Crippen molar-refractivity contribution < 1.29 is 9.53 Å². The molecule has 1 aliphatic heterocycles. The first-order valence-corrected chi connectivity index (χ1v) is 6.69. The van der Waals surface area contributed by atoms with Crippen LogP contribution in [0.15, 0.2) is 6.07 Å². The Hall–Kier alpha value is -1.31. The second-order valence-electron chi connectivity index (χ2n) is 5.70. The number of ether oxygens (including phenoxy) is 1. The molecule has 1 aliphatic rings. The molecule has 0 saturated heterocycles. The first kappa shape index (κ1) is 13.1. The van der Waals surface area contributed by atoms with Crippen LogP contribution in [0.2, 0.25) is 0 Å². The summed E-state index contributed by atoms with van der Waals surface area (Å²) in [5, 5.41) is 0. The van der Waals surface area contributed by atoms with Crippen molar-refractivity contribution >= 4 is 6.29 Å². The monoisotopic (exact) mass is 246 g/mol. The fourth-order valence-corrected chi connectivity index (χ4v) is 2.78. The molecule has 98 valence electrons. The van der Waals surface area contributed by atoms with Crippen LogP contribution in [0.4, 0.5) is 0 Å². The maximum absolute atomic E-state index is 10.6. The van der Waals surface area contributed by atoms with Crippen LogP contribution in [-0.2, 0) is 11.2 Å². The van der Waals surface area contributed by atoms with Crippen LogP contribution >= 0.6 is 0 Å². The molecule has 0 aromatic heterocycles. The van der Waals surface area contributed by atoms with Gasteiger partial charge in [-0.1, -0.05) is 6.07 Å². The molecule has 0 fully saturated rings. The van der Waals surface area contributed by atoms with Gasteiger partial charge >= 0.3 is 0 Å². The highest BCUT2D eigenvalue weighted by atomic mass is 16.5. The third-order valence-electron chi connectivity index (χ3n) is 4.16. The van der Waals surface area contributed by atoms with Crippen molar-refractivity contribution in [3.8, 4) is 5.75 Å². The van der Waals surface area contributed by atoms with Gasteiger partial charge in [-0.05, 0) is 69.2 Å². The third kappa shape index (κ3) is 2.29. The lowest BCUT2D eigenvalue weighted by molar-refractivity contribution is -0.108. The molecule has 0 saturated carbocycles. The minimum Gasteiger partial charge on any atom is -0.487 e. The molecule has 1 atom stereocenters. The van der Waals surface area contributed by atoms with E-state index in [-0.39, 0.29) is 5.60 Å². The fourth-order valence-electron chi connectivity index (χ4n) is 2.78. The minimum atomic E-state index is -0.182. The lowest BCUT2D eigenvalue weighted by atomic mass is 9.85. The molecule has 2 nitrogen and oxygen atoms in total. The molecule has 0 N–H and O–H groups in total. The molecule has 1 heterocycles. The Kier molecular flexibility index (Phi) is 3.47. The molecule has 2 rings (SSSR count). The average Bonchev–Trinajstić information content (AvgIpc) is 2.33. The van der Waals surface area contributed by atoms with Crippen LogP contribution < -0.4 is 4.74 Å². The molecule has 0 spiro atoms. The predicted molar refractivity (Wildman–Crippen MR) is 73.3 cm³/mol. The van der Waals surface area contributed by atoms with Gasteiger partial charge in [0.15, 0.2) is 0 Å². The maximum Gasteiger partial charge on any atom is 0.126 e. The van der Waals surface area contributed by atoms with E-state index >= 15 is 0 Å². The van der Waals surface area contributed by atoms with Gasteiger partial charge in [0.25, 0.3) is 0 Å². The second-order valence-corrected chi connectivity index (χ2v) is 5.70. The van der Waals surface area contributed by atoms with E-state index in [9.17, 15) is 4.79 Å². The first-order valence-electron chi connectivity index (χ1n) is 6.69. The van der Waals surface area contributed by atoms with Gasteiger partial charge < -0.3 is 9.53 Å². The van der Waals surface area contributed by atoms with E-state index in [1.165, 1.54) is 22.3 Å². The van der Waals surface area contributed by atoms with Crippen molar-refractivity contribution in [2.75, 3.05) is 0 Å². The Labute approximate surface area is 109 Å². The maximum atomic E-state index is 10.6. The SMILES string of the molecule is Cc1cc(C)c2c(c1C)OC(C)(CCC=O)CC2. The van der Waals surface area contributed by atoms with Gasteiger partial charge in [0.05, 0.1) is 0 Å². The summed E-state index contributed by atoms with van der Waals surface area (Å²) in [5.74, 6) is 1.06. The number of aryl methyl sites for hydroxylation is 2. The topological polar surface area (TPSA) is 26.3 Å². The van der Waals surface area contributed by atoms with Crippen molar-refractivity contribution in [3.63, 3.8) is 0 Å². The van der Waals surface area contributed by atoms with Crippen LogP contribution in [0.3, 0.4) is 0 Å². The number of hydrogen-bond donors (Lipinski definition) is 0. The molecule has 0 aliphatic carbocycles. The molecule has 2 heteroatoms. The first-order chi connectivity index (χ1) is 8.47. The fraction of sp³-hybridized carbons (Fsp3) is 0.562. The Morgan fingerprint density at radius 2 is 2.06 bits per heavy atom. The number of aldehydes is 1. The zero-order valence-electron chi connectivity index (χ0n) is 11.8. The van der Waals surface area contributed by atoms with Gasteiger partial charge in [-0.15, -0.1) is 0 Å². The van der Waals surface area contributed by atoms with Crippen LogP contribution in [0.25, 0.3) is 0 Å². The summed E-state index contributed by atoms with van der Waals surface area (Å²) >= 11 is 0. The molecule has 18 heavy (non-hydrogen) atoms. The Bertz CT molecular complexity index is 476. The number of rotatable bonds is 3. The van der Waals surface area contributed by atoms with Crippen LogP contribution in [0, 0.1) is 20.8 Å². The summed E-state index contributed by atoms with van der Waals surface area (Å²) in [6, 6.07) is 2.24. The molecule has 0 radical (unpaired) electrons. The van der Waals surface area contributed by atoms with E-state index in [1.807, 2.05) is 0 Å². The summed E-state index contributed by atoms with van der Waals surface area (Å²) in [5.41, 5.74) is 5.02. The summed E-state index contributed by atoms with van der Waals surface area (Å²) in [7, 11) is 0. The van der Waals surface area contributed by atoms with Crippen molar-refractivity contribution in [2.24, 2.45) is 0 Å². The summed E-state index contributed by atoms with van der Waals surface area (Å²) in [6.45, 7) is 8.53. The van der Waals surface area contributed by atoms with Gasteiger partial charge in [0, 0.05) is 6.42 Å². The smallest absolute Gasteiger partial charge is 0.126 e. The predicted octanol–water partition coefficient (Wildman–Crippen LogP) is 3.67. The quantitative estimate of drug-likeness (QED) is 0.761. The summed E-state index contributed by atoms with van der Waals surface area (Å²) < 4.78 is 6.26. The molecule has 0 amide bonds. The highest BCUT2D eigenvalue weighted by Crippen LogP contribution is 2.40.